The third-order valence-electron chi connectivity index (χ3n) is 5.20. The highest BCUT2D eigenvalue weighted by Gasteiger charge is 2.33. The Balaban J connectivity index is 1.93. The van der Waals surface area contributed by atoms with Gasteiger partial charge in [0.05, 0.1) is 20.3 Å². The largest absolute Gasteiger partial charge is 0.504 e. The van der Waals surface area contributed by atoms with Gasteiger partial charge in [-0.3, -0.25) is 0 Å². The van der Waals surface area contributed by atoms with Crippen molar-refractivity contribution in [3.05, 3.63) is 46.5 Å². The summed E-state index contributed by atoms with van der Waals surface area (Å²) in [5.74, 6) is 1.34. The van der Waals surface area contributed by atoms with Crippen LogP contribution in [0.1, 0.15) is 35.2 Å². The molecule has 0 amide bonds. The first-order valence-corrected chi connectivity index (χ1v) is 8.33. The van der Waals surface area contributed by atoms with Gasteiger partial charge in [-0.05, 0) is 48.7 Å². The van der Waals surface area contributed by atoms with E-state index in [1.54, 1.807) is 26.4 Å². The molecule has 0 saturated carbocycles. The fourth-order valence-corrected chi connectivity index (χ4v) is 3.97. The maximum absolute atomic E-state index is 9.94. The van der Waals surface area contributed by atoms with E-state index >= 15 is 0 Å². The normalized spacial score (nSPS) is 18.0. The average molecular weight is 339 g/mol. The lowest BCUT2D eigenvalue weighted by molar-refractivity contribution is 0.291. The molecule has 130 valence electrons. The molecule has 0 fully saturated rings. The number of fused-ring (bicyclic) bond motifs is 4. The van der Waals surface area contributed by atoms with Crippen molar-refractivity contribution in [2.45, 2.75) is 19.4 Å². The van der Waals surface area contributed by atoms with Gasteiger partial charge in [0.15, 0.2) is 23.0 Å². The highest BCUT2D eigenvalue weighted by molar-refractivity contribution is 5.87. The number of ether oxygens (including phenoxy) is 2. The number of methoxy groups -OCH3 is 2. The van der Waals surface area contributed by atoms with E-state index in [9.17, 15) is 10.2 Å². The van der Waals surface area contributed by atoms with Crippen molar-refractivity contribution in [3.8, 4) is 23.0 Å². The van der Waals surface area contributed by atoms with Crippen LogP contribution < -0.4 is 9.47 Å². The van der Waals surface area contributed by atoms with Crippen LogP contribution in [0.25, 0.3) is 11.8 Å². The van der Waals surface area contributed by atoms with Gasteiger partial charge in [-0.15, -0.1) is 0 Å². The van der Waals surface area contributed by atoms with Gasteiger partial charge >= 0.3 is 0 Å². The van der Waals surface area contributed by atoms with Crippen LogP contribution >= 0.6 is 0 Å². The van der Waals surface area contributed by atoms with Crippen LogP contribution in [0, 0.1) is 0 Å². The molecule has 4 rings (SSSR count). The van der Waals surface area contributed by atoms with Crippen molar-refractivity contribution in [1.29, 1.82) is 0 Å². The van der Waals surface area contributed by atoms with Gasteiger partial charge in [0.25, 0.3) is 0 Å². The Bertz CT molecular complexity index is 888. The fourth-order valence-electron chi connectivity index (χ4n) is 3.97. The van der Waals surface area contributed by atoms with Gasteiger partial charge in [0, 0.05) is 23.4 Å². The second-order valence-corrected chi connectivity index (χ2v) is 6.45. The molecule has 2 heterocycles. The van der Waals surface area contributed by atoms with E-state index < -0.39 is 0 Å². The minimum atomic E-state index is -0.0905. The lowest BCUT2D eigenvalue weighted by Crippen LogP contribution is -2.34. The monoisotopic (exact) mass is 339 g/mol. The summed E-state index contributed by atoms with van der Waals surface area (Å²) in [6, 6.07) is 7.38. The van der Waals surface area contributed by atoms with Gasteiger partial charge < -0.3 is 24.6 Å². The van der Waals surface area contributed by atoms with Crippen LogP contribution in [-0.4, -0.2) is 35.9 Å². The molecule has 5 heteroatoms. The summed E-state index contributed by atoms with van der Waals surface area (Å²) >= 11 is 0. The lowest BCUT2D eigenvalue weighted by Gasteiger charge is -2.42. The van der Waals surface area contributed by atoms with E-state index in [-0.39, 0.29) is 17.5 Å². The molecule has 2 aromatic carbocycles. The first-order chi connectivity index (χ1) is 12.0. The molecule has 2 aliphatic rings. The van der Waals surface area contributed by atoms with Crippen molar-refractivity contribution in [3.63, 3.8) is 0 Å². The highest BCUT2D eigenvalue weighted by atomic mass is 16.5. The number of rotatable bonds is 2. The van der Waals surface area contributed by atoms with E-state index in [1.165, 1.54) is 0 Å². The van der Waals surface area contributed by atoms with E-state index in [2.05, 4.69) is 17.9 Å². The number of phenols is 2. The first kappa shape index (κ1) is 15.7. The molecular weight excluding hydrogens is 318 g/mol. The predicted octanol–water partition coefficient (Wildman–Crippen LogP) is 3.55. The van der Waals surface area contributed by atoms with Crippen LogP contribution in [0.5, 0.6) is 23.0 Å². The summed E-state index contributed by atoms with van der Waals surface area (Å²) in [5.41, 5.74) is 5.26. The van der Waals surface area contributed by atoms with Gasteiger partial charge in [-0.1, -0.05) is 6.07 Å². The van der Waals surface area contributed by atoms with Crippen molar-refractivity contribution < 1.29 is 19.7 Å². The molecule has 1 atom stereocenters. The van der Waals surface area contributed by atoms with Crippen molar-refractivity contribution in [2.24, 2.45) is 0 Å². The molecule has 2 N–H and O–H groups in total. The predicted molar refractivity (Wildman–Crippen MR) is 96.0 cm³/mol. The molecule has 5 nitrogen and oxygen atoms in total. The zero-order chi connectivity index (χ0) is 17.7. The van der Waals surface area contributed by atoms with Gasteiger partial charge in [-0.25, -0.2) is 0 Å². The number of hydrogen-bond donors (Lipinski definition) is 2. The number of aromatic hydroxyl groups is 2. The summed E-state index contributed by atoms with van der Waals surface area (Å²) in [5, 5.41) is 19.7. The van der Waals surface area contributed by atoms with Crippen LogP contribution in [0.15, 0.2) is 24.3 Å². The Labute approximate surface area is 146 Å². The fraction of sp³-hybridized carbons (Fsp3) is 0.300. The Hall–Kier alpha value is -2.82. The van der Waals surface area contributed by atoms with Gasteiger partial charge in [0.1, 0.15) is 0 Å². The molecule has 2 aliphatic heterocycles. The summed E-state index contributed by atoms with van der Waals surface area (Å²) in [7, 11) is 3.31. The zero-order valence-corrected chi connectivity index (χ0v) is 14.5. The topological polar surface area (TPSA) is 62.2 Å². The Kier molecular flexibility index (Phi) is 3.53. The summed E-state index contributed by atoms with van der Waals surface area (Å²) in [6.45, 7) is 2.99. The van der Waals surface area contributed by atoms with Gasteiger partial charge in [0.2, 0.25) is 0 Å². The molecule has 2 aromatic rings. The molecule has 0 spiro atoms. The van der Waals surface area contributed by atoms with Crippen LogP contribution in [0.3, 0.4) is 0 Å². The lowest BCUT2D eigenvalue weighted by atomic mass is 9.86. The maximum atomic E-state index is 9.94. The number of nitrogens with zero attached hydrogens (tertiary/aromatic N) is 1. The zero-order valence-electron chi connectivity index (χ0n) is 14.5. The van der Waals surface area contributed by atoms with Crippen LogP contribution in [0.4, 0.5) is 0 Å². The molecular formula is C20H21NO4. The van der Waals surface area contributed by atoms with Crippen molar-refractivity contribution >= 4 is 11.8 Å². The molecule has 0 radical (unpaired) electrons. The maximum Gasteiger partial charge on any atom is 0.166 e. The summed E-state index contributed by atoms with van der Waals surface area (Å²) in [6.07, 6.45) is 2.93. The molecule has 25 heavy (non-hydrogen) atoms. The van der Waals surface area contributed by atoms with E-state index in [4.69, 9.17) is 9.47 Å². The standard InChI is InChI=1S/C20H21NO4/c1-11-19-13(4-5-18(24-2)20(19)25-3)8-15-14-10-17(23)16(22)9-12(14)6-7-21(11)15/h4-5,8-11,22-23H,6-7H2,1-3H3. The van der Waals surface area contributed by atoms with E-state index in [0.717, 1.165) is 52.4 Å². The van der Waals surface area contributed by atoms with E-state index in [1.807, 2.05) is 12.1 Å². The number of benzene rings is 2. The Morgan fingerprint density at radius 3 is 2.56 bits per heavy atom. The van der Waals surface area contributed by atoms with Crippen LogP contribution in [0.2, 0.25) is 0 Å². The second-order valence-electron chi connectivity index (χ2n) is 6.45. The average Bonchev–Trinajstić information content (AvgIpc) is 2.62. The Morgan fingerprint density at radius 2 is 1.84 bits per heavy atom. The quantitative estimate of drug-likeness (QED) is 0.820. The highest BCUT2D eigenvalue weighted by Crippen LogP contribution is 2.48. The number of phenolic OH excluding ortho intramolecular Hbond substituents is 2. The third kappa shape index (κ3) is 2.22. The summed E-state index contributed by atoms with van der Waals surface area (Å²) in [4.78, 5) is 2.31. The molecule has 0 saturated heterocycles. The minimum Gasteiger partial charge on any atom is -0.504 e. The van der Waals surface area contributed by atoms with Crippen molar-refractivity contribution in [2.75, 3.05) is 20.8 Å². The SMILES string of the molecule is COc1ccc2c(c1OC)C(C)N1CCc3cc(O)c(O)cc3C1=C2. The summed E-state index contributed by atoms with van der Waals surface area (Å²) < 4.78 is 11.1. The van der Waals surface area contributed by atoms with Crippen molar-refractivity contribution in [1.82, 2.24) is 4.90 Å². The molecule has 0 aliphatic carbocycles. The third-order valence-corrected chi connectivity index (χ3v) is 5.20. The Morgan fingerprint density at radius 1 is 1.08 bits per heavy atom. The second kappa shape index (κ2) is 5.62. The van der Waals surface area contributed by atoms with E-state index in [0.29, 0.717) is 0 Å². The molecule has 0 bridgehead atoms. The van der Waals surface area contributed by atoms with Crippen LogP contribution in [-0.2, 0) is 6.42 Å². The number of hydrogen-bond acceptors (Lipinski definition) is 5. The molecule has 0 aromatic heterocycles. The minimum absolute atomic E-state index is 0.0662. The smallest absolute Gasteiger partial charge is 0.166 e. The molecule has 1 unspecified atom stereocenters. The van der Waals surface area contributed by atoms with Gasteiger partial charge in [-0.2, -0.15) is 0 Å². The first-order valence-electron chi connectivity index (χ1n) is 8.33.